The van der Waals surface area contributed by atoms with E-state index in [2.05, 4.69) is 5.32 Å². The Hall–Kier alpha value is -0.570. The third-order valence-electron chi connectivity index (χ3n) is 3.20. The Kier molecular flexibility index (Phi) is 2.05. The number of aliphatic hydroxyl groups is 1. The summed E-state index contributed by atoms with van der Waals surface area (Å²) in [7, 11) is 0. The van der Waals surface area contributed by atoms with E-state index in [1.165, 1.54) is 12.8 Å². The summed E-state index contributed by atoms with van der Waals surface area (Å²) in [5.41, 5.74) is 0. The van der Waals surface area contributed by atoms with Crippen molar-refractivity contribution in [3.63, 3.8) is 0 Å². The second-order valence-electron chi connectivity index (χ2n) is 3.85. The molecule has 2 N–H and O–H groups in total. The van der Waals surface area contributed by atoms with Crippen molar-refractivity contribution in [3.05, 3.63) is 0 Å². The summed E-state index contributed by atoms with van der Waals surface area (Å²) in [6, 6.07) is 0.0443. The predicted octanol–water partition coefficient (Wildman–Crippen LogP) is 0.283. The van der Waals surface area contributed by atoms with Gasteiger partial charge in [0.05, 0.1) is 12.6 Å². The van der Waals surface area contributed by atoms with E-state index in [0.717, 1.165) is 12.8 Å². The molecular weight excluding hydrogens is 154 g/mol. The topological polar surface area (TPSA) is 49.3 Å². The average molecular weight is 169 g/mol. The minimum absolute atomic E-state index is 0.0443. The van der Waals surface area contributed by atoms with Gasteiger partial charge in [0.15, 0.2) is 0 Å². The summed E-state index contributed by atoms with van der Waals surface area (Å²) in [5, 5.41) is 11.9. The molecule has 0 spiro atoms. The Morgan fingerprint density at radius 1 is 1.42 bits per heavy atom. The SMILES string of the molecule is O=C1N[C@H](CO)[C@@H]2CCCC[C@H]12. The smallest absolute Gasteiger partial charge is 0.223 e. The molecule has 2 fully saturated rings. The van der Waals surface area contributed by atoms with Crippen molar-refractivity contribution in [2.45, 2.75) is 31.7 Å². The number of carbonyl (C=O) groups is 1. The summed E-state index contributed by atoms with van der Waals surface area (Å²) in [6.07, 6.45) is 4.51. The maximum absolute atomic E-state index is 11.4. The van der Waals surface area contributed by atoms with Crippen molar-refractivity contribution in [1.82, 2.24) is 5.32 Å². The Bertz CT molecular complexity index is 193. The minimum atomic E-state index is 0.0443. The van der Waals surface area contributed by atoms with Gasteiger partial charge in [-0.05, 0) is 18.8 Å². The molecule has 1 aliphatic heterocycles. The molecular formula is C9H15NO2. The van der Waals surface area contributed by atoms with Crippen LogP contribution in [0, 0.1) is 11.8 Å². The van der Waals surface area contributed by atoms with E-state index in [9.17, 15) is 4.79 Å². The van der Waals surface area contributed by atoms with Crippen molar-refractivity contribution in [2.24, 2.45) is 11.8 Å². The van der Waals surface area contributed by atoms with Crippen LogP contribution in [0.25, 0.3) is 0 Å². The van der Waals surface area contributed by atoms with Crippen molar-refractivity contribution < 1.29 is 9.90 Å². The van der Waals surface area contributed by atoms with Crippen LogP contribution >= 0.6 is 0 Å². The van der Waals surface area contributed by atoms with Gasteiger partial charge in [-0.2, -0.15) is 0 Å². The number of rotatable bonds is 1. The lowest BCUT2D eigenvalue weighted by molar-refractivity contribution is -0.123. The molecule has 3 nitrogen and oxygen atoms in total. The lowest BCUT2D eigenvalue weighted by Gasteiger charge is -2.25. The Morgan fingerprint density at radius 2 is 2.17 bits per heavy atom. The van der Waals surface area contributed by atoms with Gasteiger partial charge >= 0.3 is 0 Å². The number of aliphatic hydroxyl groups excluding tert-OH is 1. The molecule has 1 saturated carbocycles. The van der Waals surface area contributed by atoms with Crippen LogP contribution in [-0.4, -0.2) is 23.7 Å². The monoisotopic (exact) mass is 169 g/mol. The Balaban J connectivity index is 2.10. The lowest BCUT2D eigenvalue weighted by Crippen LogP contribution is -2.32. The van der Waals surface area contributed by atoms with Gasteiger partial charge in [0.2, 0.25) is 5.91 Å². The molecule has 1 aliphatic carbocycles. The van der Waals surface area contributed by atoms with Gasteiger partial charge in [-0.3, -0.25) is 4.79 Å². The summed E-state index contributed by atoms with van der Waals surface area (Å²) >= 11 is 0. The zero-order valence-electron chi connectivity index (χ0n) is 7.12. The zero-order valence-corrected chi connectivity index (χ0v) is 7.12. The van der Waals surface area contributed by atoms with E-state index in [1.807, 2.05) is 0 Å². The summed E-state index contributed by atoms with van der Waals surface area (Å²) < 4.78 is 0. The van der Waals surface area contributed by atoms with Crippen molar-refractivity contribution >= 4 is 5.91 Å². The van der Waals surface area contributed by atoms with Crippen molar-refractivity contribution in [2.75, 3.05) is 6.61 Å². The maximum atomic E-state index is 11.4. The first kappa shape index (κ1) is 8.05. The molecule has 2 aliphatic rings. The normalized spacial score (nSPS) is 40.8. The summed E-state index contributed by atoms with van der Waals surface area (Å²) in [6.45, 7) is 0.104. The first-order chi connectivity index (χ1) is 5.83. The maximum Gasteiger partial charge on any atom is 0.223 e. The first-order valence-corrected chi connectivity index (χ1v) is 4.74. The van der Waals surface area contributed by atoms with Gasteiger partial charge in [0.25, 0.3) is 0 Å². The lowest BCUT2D eigenvalue weighted by atomic mass is 9.78. The quantitative estimate of drug-likeness (QED) is 0.592. The van der Waals surface area contributed by atoms with Gasteiger partial charge in [-0.1, -0.05) is 12.8 Å². The molecule has 3 heteroatoms. The second-order valence-corrected chi connectivity index (χ2v) is 3.85. The predicted molar refractivity (Wildman–Crippen MR) is 44.5 cm³/mol. The van der Waals surface area contributed by atoms with E-state index >= 15 is 0 Å². The number of carbonyl (C=O) groups excluding carboxylic acids is 1. The van der Waals surface area contributed by atoms with Gasteiger partial charge in [-0.15, -0.1) is 0 Å². The van der Waals surface area contributed by atoms with E-state index in [4.69, 9.17) is 5.11 Å². The number of nitrogens with one attached hydrogen (secondary N) is 1. The molecule has 1 amide bonds. The molecule has 68 valence electrons. The highest BCUT2D eigenvalue weighted by atomic mass is 16.3. The highest BCUT2D eigenvalue weighted by molar-refractivity contribution is 5.82. The average Bonchev–Trinajstić information content (AvgIpc) is 2.44. The van der Waals surface area contributed by atoms with Gasteiger partial charge in [0.1, 0.15) is 0 Å². The van der Waals surface area contributed by atoms with Crippen LogP contribution in [0.4, 0.5) is 0 Å². The van der Waals surface area contributed by atoms with E-state index < -0.39 is 0 Å². The van der Waals surface area contributed by atoms with E-state index in [0.29, 0.717) is 5.92 Å². The van der Waals surface area contributed by atoms with E-state index in [-0.39, 0.29) is 24.5 Å². The largest absolute Gasteiger partial charge is 0.394 e. The van der Waals surface area contributed by atoms with Crippen molar-refractivity contribution in [1.29, 1.82) is 0 Å². The fraction of sp³-hybridized carbons (Fsp3) is 0.889. The number of hydrogen-bond acceptors (Lipinski definition) is 2. The van der Waals surface area contributed by atoms with Gasteiger partial charge in [0, 0.05) is 5.92 Å². The van der Waals surface area contributed by atoms with Crippen LogP contribution in [0.3, 0.4) is 0 Å². The van der Waals surface area contributed by atoms with Crippen LogP contribution in [0.5, 0.6) is 0 Å². The van der Waals surface area contributed by atoms with Crippen LogP contribution in [0.2, 0.25) is 0 Å². The third-order valence-corrected chi connectivity index (χ3v) is 3.20. The molecule has 12 heavy (non-hydrogen) atoms. The number of hydrogen-bond donors (Lipinski definition) is 2. The van der Waals surface area contributed by atoms with E-state index in [1.54, 1.807) is 0 Å². The van der Waals surface area contributed by atoms with Gasteiger partial charge in [-0.25, -0.2) is 0 Å². The molecule has 1 saturated heterocycles. The first-order valence-electron chi connectivity index (χ1n) is 4.74. The minimum Gasteiger partial charge on any atom is -0.394 e. The number of amides is 1. The number of fused-ring (bicyclic) bond motifs is 1. The van der Waals surface area contributed by atoms with Crippen molar-refractivity contribution in [3.8, 4) is 0 Å². The fourth-order valence-corrected chi connectivity index (χ4v) is 2.54. The molecule has 0 radical (unpaired) electrons. The molecule has 0 unspecified atom stereocenters. The van der Waals surface area contributed by atoms with Crippen LogP contribution < -0.4 is 5.32 Å². The Morgan fingerprint density at radius 3 is 2.92 bits per heavy atom. The Labute approximate surface area is 72.2 Å². The standard InChI is InChI=1S/C9H15NO2/c11-5-8-6-3-1-2-4-7(6)9(12)10-8/h6-8,11H,1-5H2,(H,10,12)/t6-,7+,8-/m1/s1. The van der Waals surface area contributed by atoms with Crippen LogP contribution in [-0.2, 0) is 4.79 Å². The fourth-order valence-electron chi connectivity index (χ4n) is 2.54. The highest BCUT2D eigenvalue weighted by Crippen LogP contribution is 2.36. The van der Waals surface area contributed by atoms with Crippen LogP contribution in [0.1, 0.15) is 25.7 Å². The highest BCUT2D eigenvalue weighted by Gasteiger charge is 2.42. The summed E-state index contributed by atoms with van der Waals surface area (Å²) in [4.78, 5) is 11.4. The molecule has 0 bridgehead atoms. The second kappa shape index (κ2) is 3.05. The summed E-state index contributed by atoms with van der Waals surface area (Å²) in [5.74, 6) is 0.783. The van der Waals surface area contributed by atoms with Crippen LogP contribution in [0.15, 0.2) is 0 Å². The molecule has 3 atom stereocenters. The third kappa shape index (κ3) is 1.12. The molecule has 0 aromatic carbocycles. The van der Waals surface area contributed by atoms with Gasteiger partial charge < -0.3 is 10.4 Å². The molecule has 0 aromatic rings. The zero-order chi connectivity index (χ0) is 8.55. The molecule has 1 heterocycles. The molecule has 2 rings (SSSR count). The molecule has 0 aromatic heterocycles.